The van der Waals surface area contributed by atoms with Gasteiger partial charge < -0.3 is 14.7 Å². The molecule has 0 fully saturated rings. The number of nitrogens with zero attached hydrogens (tertiary/aromatic N) is 2. The smallest absolute Gasteiger partial charge is 0.270 e. The first-order chi connectivity index (χ1) is 9.61. The maximum absolute atomic E-state index is 11.6. The second-order valence-electron chi connectivity index (χ2n) is 4.25. The molecule has 3 aromatic rings. The highest BCUT2D eigenvalue weighted by atomic mass is 32.1. The summed E-state index contributed by atoms with van der Waals surface area (Å²) >= 11 is 4.22. The fourth-order valence-corrected chi connectivity index (χ4v) is 2.27. The summed E-state index contributed by atoms with van der Waals surface area (Å²) in [6.45, 7) is 0. The molecule has 0 unspecified atom stereocenters. The van der Waals surface area contributed by atoms with Gasteiger partial charge in [-0.05, 0) is 30.3 Å². The molecule has 3 rings (SSSR count). The summed E-state index contributed by atoms with van der Waals surface area (Å²) in [5.41, 5.74) is 0.780. The Hall–Kier alpha value is -2.65. The number of thiol groups is 1. The minimum atomic E-state index is -0.596. The van der Waals surface area contributed by atoms with Crippen molar-refractivity contribution in [3.05, 3.63) is 52.4 Å². The van der Waals surface area contributed by atoms with Crippen LogP contribution in [0, 0.1) is 11.3 Å². The van der Waals surface area contributed by atoms with Gasteiger partial charge in [-0.25, -0.2) is 0 Å². The summed E-state index contributed by atoms with van der Waals surface area (Å²) in [5, 5.41) is 19.1. The van der Waals surface area contributed by atoms with Gasteiger partial charge in [0.15, 0.2) is 11.3 Å². The number of nitriles is 1. The van der Waals surface area contributed by atoms with Gasteiger partial charge >= 0.3 is 0 Å². The van der Waals surface area contributed by atoms with E-state index in [1.807, 2.05) is 24.3 Å². The average Bonchev–Trinajstić information content (AvgIpc) is 2.84. The molecule has 1 aromatic carbocycles. The van der Waals surface area contributed by atoms with Gasteiger partial charge in [-0.2, -0.15) is 5.26 Å². The van der Waals surface area contributed by atoms with Gasteiger partial charge in [-0.3, -0.25) is 4.79 Å². The lowest BCUT2D eigenvalue weighted by Gasteiger charge is -2.07. The molecule has 0 atom stereocenters. The second-order valence-corrected chi connectivity index (χ2v) is 4.77. The van der Waals surface area contributed by atoms with Crippen molar-refractivity contribution in [1.82, 2.24) is 9.55 Å². The Kier molecular flexibility index (Phi) is 2.77. The lowest BCUT2D eigenvalue weighted by atomic mass is 10.2. The molecule has 2 aromatic heterocycles. The van der Waals surface area contributed by atoms with Gasteiger partial charge in [0.05, 0.1) is 5.52 Å². The number of aromatic amines is 1. The average molecular weight is 283 g/mol. The van der Waals surface area contributed by atoms with Gasteiger partial charge in [0.2, 0.25) is 0 Å². The molecular formula is C14H9N3O2S. The number of pyridine rings is 1. The topological polar surface area (TPSA) is 81.8 Å². The number of aromatic hydroxyl groups is 1. The van der Waals surface area contributed by atoms with Crippen molar-refractivity contribution in [3.63, 3.8) is 0 Å². The van der Waals surface area contributed by atoms with Gasteiger partial charge in [0, 0.05) is 16.8 Å². The zero-order valence-corrected chi connectivity index (χ0v) is 11.1. The largest absolute Gasteiger partial charge is 0.504 e. The Morgan fingerprint density at radius 2 is 1.95 bits per heavy atom. The Balaban J connectivity index is 2.36. The van der Waals surface area contributed by atoms with E-state index in [0.717, 1.165) is 10.6 Å². The first-order valence-corrected chi connectivity index (χ1v) is 6.22. The van der Waals surface area contributed by atoms with E-state index in [4.69, 9.17) is 5.26 Å². The highest BCUT2D eigenvalue weighted by Crippen LogP contribution is 2.28. The summed E-state index contributed by atoms with van der Waals surface area (Å²) in [5.74, 6) is -0.314. The molecule has 6 heteroatoms. The first kappa shape index (κ1) is 12.4. The molecule has 0 amide bonds. The predicted octanol–water partition coefficient (Wildman–Crippen LogP) is 2.18. The molecule has 0 aliphatic heterocycles. The van der Waals surface area contributed by atoms with Crippen LogP contribution in [-0.4, -0.2) is 14.7 Å². The van der Waals surface area contributed by atoms with Crippen LogP contribution in [0.2, 0.25) is 0 Å². The van der Waals surface area contributed by atoms with Crippen LogP contribution in [0.5, 0.6) is 5.75 Å². The molecule has 2 heterocycles. The molecule has 98 valence electrons. The maximum Gasteiger partial charge on any atom is 0.270 e. The summed E-state index contributed by atoms with van der Waals surface area (Å²) in [4.78, 5) is 15.0. The van der Waals surface area contributed by atoms with E-state index in [0.29, 0.717) is 11.0 Å². The van der Waals surface area contributed by atoms with Crippen molar-refractivity contribution in [2.45, 2.75) is 4.90 Å². The molecule has 5 nitrogen and oxygen atoms in total. The van der Waals surface area contributed by atoms with Crippen LogP contribution in [0.3, 0.4) is 0 Å². The Labute approximate surface area is 119 Å². The zero-order chi connectivity index (χ0) is 14.3. The normalized spacial score (nSPS) is 10.6. The van der Waals surface area contributed by atoms with Crippen LogP contribution in [0.1, 0.15) is 5.56 Å². The summed E-state index contributed by atoms with van der Waals surface area (Å²) < 4.78 is 1.70. The van der Waals surface area contributed by atoms with E-state index < -0.39 is 5.56 Å². The highest BCUT2D eigenvalue weighted by Gasteiger charge is 2.15. The second kappa shape index (κ2) is 4.47. The zero-order valence-electron chi connectivity index (χ0n) is 10.2. The summed E-state index contributed by atoms with van der Waals surface area (Å²) in [6.07, 6.45) is 1.72. The molecule has 0 aliphatic carbocycles. The molecule has 0 saturated carbocycles. The Morgan fingerprint density at radius 1 is 1.25 bits per heavy atom. The van der Waals surface area contributed by atoms with E-state index in [9.17, 15) is 9.90 Å². The molecule has 0 bridgehead atoms. The number of rotatable bonds is 1. The van der Waals surface area contributed by atoms with Gasteiger partial charge in [-0.1, -0.05) is 0 Å². The number of benzene rings is 1. The molecule has 0 saturated heterocycles. The lowest BCUT2D eigenvalue weighted by molar-refractivity contribution is 0.476. The van der Waals surface area contributed by atoms with Gasteiger partial charge in [0.25, 0.3) is 5.56 Å². The fourth-order valence-electron chi connectivity index (χ4n) is 2.12. The third-order valence-electron chi connectivity index (χ3n) is 3.06. The van der Waals surface area contributed by atoms with Crippen LogP contribution in [-0.2, 0) is 0 Å². The molecule has 0 aliphatic rings. The molecule has 20 heavy (non-hydrogen) atoms. The number of hydrogen-bond acceptors (Lipinski definition) is 4. The van der Waals surface area contributed by atoms with E-state index in [1.165, 1.54) is 0 Å². The van der Waals surface area contributed by atoms with Gasteiger partial charge in [-0.15, -0.1) is 12.6 Å². The van der Waals surface area contributed by atoms with Crippen molar-refractivity contribution in [2.24, 2.45) is 0 Å². The Morgan fingerprint density at radius 3 is 2.60 bits per heavy atom. The van der Waals surface area contributed by atoms with E-state index in [1.54, 1.807) is 22.9 Å². The monoisotopic (exact) mass is 283 g/mol. The first-order valence-electron chi connectivity index (χ1n) is 5.77. The van der Waals surface area contributed by atoms with Crippen LogP contribution < -0.4 is 5.56 Å². The van der Waals surface area contributed by atoms with E-state index >= 15 is 0 Å². The molecular weight excluding hydrogens is 274 g/mol. The fraction of sp³-hybridized carbons (Fsp3) is 0. The number of fused-ring (bicyclic) bond motifs is 1. The Bertz CT molecular complexity index is 901. The van der Waals surface area contributed by atoms with Crippen molar-refractivity contribution in [2.75, 3.05) is 0 Å². The predicted molar refractivity (Wildman–Crippen MR) is 77.5 cm³/mol. The van der Waals surface area contributed by atoms with Crippen molar-refractivity contribution >= 4 is 23.7 Å². The summed E-state index contributed by atoms with van der Waals surface area (Å²) in [6, 6.07) is 10.7. The number of nitrogens with one attached hydrogen (secondary N) is 1. The van der Waals surface area contributed by atoms with Crippen LogP contribution in [0.25, 0.3) is 16.7 Å². The molecule has 2 N–H and O–H groups in total. The third-order valence-corrected chi connectivity index (χ3v) is 3.36. The quantitative estimate of drug-likeness (QED) is 0.599. The third kappa shape index (κ3) is 1.76. The minimum absolute atomic E-state index is 0.289. The number of H-pyrrole nitrogens is 1. The van der Waals surface area contributed by atoms with Crippen LogP contribution in [0.4, 0.5) is 0 Å². The maximum atomic E-state index is 11.6. The minimum Gasteiger partial charge on any atom is -0.504 e. The van der Waals surface area contributed by atoms with Crippen LogP contribution >= 0.6 is 12.6 Å². The van der Waals surface area contributed by atoms with Crippen molar-refractivity contribution in [1.29, 1.82) is 5.26 Å². The SMILES string of the molecule is N#Cc1c(O)c2c(ccn2-c2ccc(S)cc2)[nH]c1=O. The number of aromatic nitrogens is 2. The molecule has 0 spiro atoms. The van der Waals surface area contributed by atoms with Crippen molar-refractivity contribution in [3.8, 4) is 17.5 Å². The highest BCUT2D eigenvalue weighted by molar-refractivity contribution is 7.80. The lowest BCUT2D eigenvalue weighted by Crippen LogP contribution is -2.10. The molecule has 0 radical (unpaired) electrons. The van der Waals surface area contributed by atoms with Crippen molar-refractivity contribution < 1.29 is 5.11 Å². The van der Waals surface area contributed by atoms with E-state index in [2.05, 4.69) is 17.6 Å². The van der Waals surface area contributed by atoms with Crippen LogP contribution in [0.15, 0.2) is 46.2 Å². The van der Waals surface area contributed by atoms with Gasteiger partial charge in [0.1, 0.15) is 11.6 Å². The number of hydrogen-bond donors (Lipinski definition) is 3. The van der Waals surface area contributed by atoms with E-state index in [-0.39, 0.29) is 11.3 Å². The standard InChI is InChI=1S/C14H9N3O2S/c15-7-10-13(18)12-11(16-14(10)19)5-6-17(12)8-1-3-9(20)4-2-8/h1-6,20H,(H2,16,18,19). The summed E-state index contributed by atoms with van der Waals surface area (Å²) in [7, 11) is 0.